The van der Waals surface area contributed by atoms with Crippen molar-refractivity contribution in [2.24, 2.45) is 11.8 Å². The molecule has 0 saturated heterocycles. The molecule has 1 unspecified atom stereocenters. The van der Waals surface area contributed by atoms with Gasteiger partial charge in [0.25, 0.3) is 0 Å². The maximum atomic E-state index is 6.14. The highest BCUT2D eigenvalue weighted by Gasteiger charge is 2.17. The van der Waals surface area contributed by atoms with E-state index in [1.807, 2.05) is 0 Å². The van der Waals surface area contributed by atoms with Gasteiger partial charge in [0, 0.05) is 13.2 Å². The molecule has 0 spiro atoms. The second-order valence-corrected chi connectivity index (χ2v) is 5.78. The fourth-order valence-electron chi connectivity index (χ4n) is 2.56. The van der Waals surface area contributed by atoms with Crippen LogP contribution in [-0.2, 0) is 4.74 Å². The number of hydrogen-bond donors (Lipinski definition) is 1. The maximum absolute atomic E-state index is 6.14. The Kier molecular flexibility index (Phi) is 7.87. The van der Waals surface area contributed by atoms with Crippen molar-refractivity contribution in [1.82, 2.24) is 5.32 Å². The van der Waals surface area contributed by atoms with E-state index in [1.165, 1.54) is 38.5 Å². The van der Waals surface area contributed by atoms with Gasteiger partial charge in [-0.15, -0.1) is 0 Å². The zero-order valence-electron chi connectivity index (χ0n) is 12.0. The van der Waals surface area contributed by atoms with E-state index in [1.54, 1.807) is 0 Å². The molecule has 1 aliphatic rings. The molecule has 0 aromatic rings. The first-order valence-corrected chi connectivity index (χ1v) is 7.56. The van der Waals surface area contributed by atoms with E-state index in [0.717, 1.165) is 25.6 Å². The van der Waals surface area contributed by atoms with Gasteiger partial charge in [-0.1, -0.05) is 46.5 Å². The summed E-state index contributed by atoms with van der Waals surface area (Å²) in [4.78, 5) is 0. The van der Waals surface area contributed by atoms with Crippen molar-refractivity contribution in [3.05, 3.63) is 0 Å². The first kappa shape index (κ1) is 15.0. The molecule has 1 N–H and O–H groups in total. The third-order valence-electron chi connectivity index (χ3n) is 3.86. The lowest BCUT2D eigenvalue weighted by atomic mass is 10.0. The number of rotatable bonds is 7. The highest BCUT2D eigenvalue weighted by Crippen LogP contribution is 2.23. The second kappa shape index (κ2) is 8.93. The zero-order chi connectivity index (χ0) is 12.5. The predicted octanol–water partition coefficient (Wildman–Crippen LogP) is 3.61. The fraction of sp³-hybridized carbons (Fsp3) is 1.00. The summed E-state index contributed by atoms with van der Waals surface area (Å²) >= 11 is 0. The van der Waals surface area contributed by atoms with Crippen molar-refractivity contribution < 1.29 is 4.74 Å². The van der Waals surface area contributed by atoms with Crippen LogP contribution in [0.4, 0.5) is 0 Å². The highest BCUT2D eigenvalue weighted by molar-refractivity contribution is 4.69. The summed E-state index contributed by atoms with van der Waals surface area (Å²) in [5, 5.41) is 3.40. The lowest BCUT2D eigenvalue weighted by molar-refractivity contribution is 0.000445. The molecule has 102 valence electrons. The van der Waals surface area contributed by atoms with Gasteiger partial charge in [0.2, 0.25) is 0 Å². The predicted molar refractivity (Wildman–Crippen MR) is 74.3 cm³/mol. The van der Waals surface area contributed by atoms with Gasteiger partial charge < -0.3 is 10.1 Å². The maximum Gasteiger partial charge on any atom is 0.0722 e. The summed E-state index contributed by atoms with van der Waals surface area (Å²) in [6, 6.07) is 0. The van der Waals surface area contributed by atoms with Crippen LogP contribution in [0.1, 0.15) is 59.3 Å². The molecule has 1 atom stereocenters. The lowest BCUT2D eigenvalue weighted by Gasteiger charge is -2.24. The SMILES string of the molecule is CCNCC(OCC1CCCCCC1)C(C)C. The Morgan fingerprint density at radius 2 is 1.76 bits per heavy atom. The first-order chi connectivity index (χ1) is 8.24. The van der Waals surface area contributed by atoms with Crippen LogP contribution in [0.15, 0.2) is 0 Å². The molecule has 1 rings (SSSR count). The van der Waals surface area contributed by atoms with E-state index in [0.29, 0.717) is 12.0 Å². The molecule has 1 saturated carbocycles. The molecule has 0 aromatic carbocycles. The van der Waals surface area contributed by atoms with Gasteiger partial charge in [-0.2, -0.15) is 0 Å². The van der Waals surface area contributed by atoms with Crippen molar-refractivity contribution in [3.8, 4) is 0 Å². The van der Waals surface area contributed by atoms with E-state index in [-0.39, 0.29) is 0 Å². The Balaban J connectivity index is 2.24. The van der Waals surface area contributed by atoms with E-state index < -0.39 is 0 Å². The Morgan fingerprint density at radius 1 is 1.12 bits per heavy atom. The Hall–Kier alpha value is -0.0800. The molecule has 1 fully saturated rings. The molecule has 0 aliphatic heterocycles. The van der Waals surface area contributed by atoms with E-state index >= 15 is 0 Å². The summed E-state index contributed by atoms with van der Waals surface area (Å²) in [5.74, 6) is 1.43. The number of ether oxygens (including phenoxy) is 1. The van der Waals surface area contributed by atoms with Crippen LogP contribution in [0.25, 0.3) is 0 Å². The average Bonchev–Trinajstić information content (AvgIpc) is 2.57. The van der Waals surface area contributed by atoms with Crippen molar-refractivity contribution >= 4 is 0 Å². The third kappa shape index (κ3) is 6.42. The van der Waals surface area contributed by atoms with Gasteiger partial charge >= 0.3 is 0 Å². The summed E-state index contributed by atoms with van der Waals surface area (Å²) < 4.78 is 6.14. The van der Waals surface area contributed by atoms with Gasteiger partial charge in [-0.3, -0.25) is 0 Å². The van der Waals surface area contributed by atoms with Gasteiger partial charge in [0.15, 0.2) is 0 Å². The Bertz CT molecular complexity index is 174. The van der Waals surface area contributed by atoms with Gasteiger partial charge in [0.1, 0.15) is 0 Å². The molecule has 0 aromatic heterocycles. The Morgan fingerprint density at radius 3 is 2.29 bits per heavy atom. The average molecular weight is 241 g/mol. The fourth-order valence-corrected chi connectivity index (χ4v) is 2.56. The Labute approximate surface area is 108 Å². The second-order valence-electron chi connectivity index (χ2n) is 5.78. The van der Waals surface area contributed by atoms with Crippen molar-refractivity contribution in [2.45, 2.75) is 65.4 Å². The van der Waals surface area contributed by atoms with Crippen LogP contribution in [0.5, 0.6) is 0 Å². The van der Waals surface area contributed by atoms with E-state index in [4.69, 9.17) is 4.74 Å². The van der Waals surface area contributed by atoms with E-state index in [2.05, 4.69) is 26.1 Å². The molecular formula is C15H31NO. The molecule has 1 aliphatic carbocycles. The third-order valence-corrected chi connectivity index (χ3v) is 3.86. The van der Waals surface area contributed by atoms with Crippen LogP contribution < -0.4 is 5.32 Å². The standard InChI is InChI=1S/C15H31NO/c1-4-16-11-15(13(2)3)17-12-14-9-7-5-6-8-10-14/h13-16H,4-12H2,1-3H3. The molecule has 0 amide bonds. The highest BCUT2D eigenvalue weighted by atomic mass is 16.5. The van der Waals surface area contributed by atoms with Crippen molar-refractivity contribution in [1.29, 1.82) is 0 Å². The molecule has 17 heavy (non-hydrogen) atoms. The van der Waals surface area contributed by atoms with Gasteiger partial charge in [-0.25, -0.2) is 0 Å². The minimum atomic E-state index is 0.387. The van der Waals surface area contributed by atoms with Crippen LogP contribution in [-0.4, -0.2) is 25.8 Å². The normalized spacial score (nSPS) is 20.5. The molecule has 0 heterocycles. The minimum Gasteiger partial charge on any atom is -0.376 e. The minimum absolute atomic E-state index is 0.387. The van der Waals surface area contributed by atoms with Crippen LogP contribution in [0.3, 0.4) is 0 Å². The summed E-state index contributed by atoms with van der Waals surface area (Å²) in [7, 11) is 0. The quantitative estimate of drug-likeness (QED) is 0.688. The van der Waals surface area contributed by atoms with Crippen molar-refractivity contribution in [3.63, 3.8) is 0 Å². The summed E-state index contributed by atoms with van der Waals surface area (Å²) in [6.07, 6.45) is 8.83. The topological polar surface area (TPSA) is 21.3 Å². The smallest absolute Gasteiger partial charge is 0.0722 e. The molecular weight excluding hydrogens is 210 g/mol. The number of hydrogen-bond acceptors (Lipinski definition) is 2. The number of likely N-dealkylation sites (N-methyl/N-ethyl adjacent to an activating group) is 1. The zero-order valence-corrected chi connectivity index (χ0v) is 12.0. The summed E-state index contributed by atoms with van der Waals surface area (Å²) in [5.41, 5.74) is 0. The summed E-state index contributed by atoms with van der Waals surface area (Å²) in [6.45, 7) is 9.69. The van der Waals surface area contributed by atoms with Crippen molar-refractivity contribution in [2.75, 3.05) is 19.7 Å². The van der Waals surface area contributed by atoms with Crippen LogP contribution in [0.2, 0.25) is 0 Å². The number of nitrogens with one attached hydrogen (secondary N) is 1. The first-order valence-electron chi connectivity index (χ1n) is 7.56. The van der Waals surface area contributed by atoms with Gasteiger partial charge in [-0.05, 0) is 31.2 Å². The lowest BCUT2D eigenvalue weighted by Crippen LogP contribution is -2.34. The molecule has 0 radical (unpaired) electrons. The molecule has 2 heteroatoms. The monoisotopic (exact) mass is 241 g/mol. The van der Waals surface area contributed by atoms with Crippen LogP contribution in [0, 0.1) is 11.8 Å². The molecule has 0 bridgehead atoms. The van der Waals surface area contributed by atoms with Crippen LogP contribution >= 0.6 is 0 Å². The van der Waals surface area contributed by atoms with Gasteiger partial charge in [0.05, 0.1) is 6.10 Å². The van der Waals surface area contributed by atoms with E-state index in [9.17, 15) is 0 Å². The molecule has 2 nitrogen and oxygen atoms in total. The largest absolute Gasteiger partial charge is 0.376 e.